The van der Waals surface area contributed by atoms with Crippen molar-refractivity contribution in [3.8, 4) is 57.8 Å². The number of imide groups is 2. The molecule has 4 amide bonds. The van der Waals surface area contributed by atoms with E-state index >= 15 is 19.2 Å². The number of amides is 4. The Bertz CT molecular complexity index is 4860. The highest BCUT2D eigenvalue weighted by molar-refractivity contribution is 6.60. The maximum atomic E-state index is 16.0. The van der Waals surface area contributed by atoms with Gasteiger partial charge in [-0.2, -0.15) is 0 Å². The molecule has 4 heterocycles. The van der Waals surface area contributed by atoms with Gasteiger partial charge in [0.1, 0.15) is 59.1 Å². The van der Waals surface area contributed by atoms with Crippen LogP contribution >= 0.6 is 0 Å². The van der Waals surface area contributed by atoms with E-state index in [1.807, 2.05) is 97.1 Å². The van der Waals surface area contributed by atoms with Gasteiger partial charge in [-0.25, -0.2) is 19.6 Å². The molecular weight excluding hydrogens is 1430 g/mol. The molecular formula is C86H88N4O18Si2. The molecule has 9 aromatic carbocycles. The second kappa shape index (κ2) is 29.5. The number of hydrogen-bond donors (Lipinski definition) is 0. The largest absolute Gasteiger partial charge is 0.504 e. The highest BCUT2D eigenvalue weighted by Crippen LogP contribution is 2.58. The topological polar surface area (TPSA) is 245 Å². The number of carbonyl (C=O) groups is 6. The normalized spacial score (nSPS) is 13.7. The maximum absolute atomic E-state index is 16.0. The zero-order valence-corrected chi connectivity index (χ0v) is 67.0. The van der Waals surface area contributed by atoms with Crippen LogP contribution in [0.1, 0.15) is 158 Å². The fraction of sp³-hybridized carbons (Fsp3) is 0.302. The Morgan fingerprint density at radius 1 is 0.327 bits per heavy atom. The van der Waals surface area contributed by atoms with E-state index in [2.05, 4.69) is 93.1 Å². The van der Waals surface area contributed by atoms with Gasteiger partial charge in [0.25, 0.3) is 23.6 Å². The molecule has 0 N–H and O–H groups in total. The molecule has 110 heavy (non-hydrogen) atoms. The molecule has 22 nitrogen and oxygen atoms in total. The Balaban J connectivity index is 1.10. The van der Waals surface area contributed by atoms with Crippen LogP contribution in [-0.4, -0.2) is 129 Å². The molecule has 2 aliphatic heterocycles. The van der Waals surface area contributed by atoms with Crippen LogP contribution in [0.5, 0.6) is 57.8 Å². The minimum Gasteiger partial charge on any atom is -0.457 e. The van der Waals surface area contributed by atoms with Gasteiger partial charge >= 0.3 is 29.5 Å². The van der Waals surface area contributed by atoms with Gasteiger partial charge in [0.05, 0.1) is 22.3 Å². The molecule has 11 aromatic rings. The minimum atomic E-state index is -3.20. The first kappa shape index (κ1) is 77.4. The van der Waals surface area contributed by atoms with Crippen LogP contribution in [0.25, 0.3) is 43.1 Å². The summed E-state index contributed by atoms with van der Waals surface area (Å²) >= 11 is 0. The van der Waals surface area contributed by atoms with E-state index in [4.69, 9.17) is 55.0 Å². The zero-order chi connectivity index (χ0) is 78.9. The lowest BCUT2D eigenvalue weighted by atomic mass is 9.80. The average molecular weight is 1520 g/mol. The van der Waals surface area contributed by atoms with E-state index < -0.39 is 66.3 Å². The SMILES string of the molecule is CO[Si](Cc1ccnc(OC(=O)CN2C(=O)c3cc(Oc4ccc(C(C)(C)C)cc4)c4c5c(Oc6ccc(C(C)(C)C)cc6)cc6c7c(cc(Oc8ccc(C(C)(C)C)cc8)c(c8c(Oc9ccc(C(C)(C)C)cc9)cc(c3c48)C2=O)c75)C(=O)N(CC(=O)Oc2cc(C[Si](OC)(OC)OC)ccn2)C6=O)c1)(OC)OC. The van der Waals surface area contributed by atoms with E-state index in [1.165, 1.54) is 91.5 Å². The van der Waals surface area contributed by atoms with Crippen molar-refractivity contribution >= 4 is 96.3 Å². The van der Waals surface area contributed by atoms with Crippen molar-refractivity contribution in [2.75, 3.05) is 55.7 Å². The molecule has 0 radical (unpaired) electrons. The molecule has 0 saturated carbocycles. The van der Waals surface area contributed by atoms with Crippen molar-refractivity contribution in [1.82, 2.24) is 19.8 Å². The Morgan fingerprint density at radius 2 is 0.564 bits per heavy atom. The first-order valence-corrected chi connectivity index (χ1v) is 39.8. The van der Waals surface area contributed by atoms with Gasteiger partial charge in [-0.1, -0.05) is 132 Å². The van der Waals surface area contributed by atoms with E-state index in [9.17, 15) is 9.59 Å². The van der Waals surface area contributed by atoms with Crippen LogP contribution in [0.2, 0.25) is 0 Å². The first-order valence-electron chi connectivity index (χ1n) is 36.0. The van der Waals surface area contributed by atoms with Crippen LogP contribution in [0.4, 0.5) is 0 Å². The summed E-state index contributed by atoms with van der Waals surface area (Å²) in [6, 6.07) is 43.0. The van der Waals surface area contributed by atoms with Crippen LogP contribution in [0, 0.1) is 0 Å². The van der Waals surface area contributed by atoms with Crippen molar-refractivity contribution < 1.29 is 83.7 Å². The first-order chi connectivity index (χ1) is 52.1. The highest BCUT2D eigenvalue weighted by atomic mass is 28.4. The summed E-state index contributed by atoms with van der Waals surface area (Å²) in [7, 11) is 2.50. The van der Waals surface area contributed by atoms with Crippen LogP contribution < -0.4 is 28.4 Å². The van der Waals surface area contributed by atoms with Crippen LogP contribution in [0.15, 0.2) is 158 Å². The lowest BCUT2D eigenvalue weighted by molar-refractivity contribution is -0.135. The molecule has 0 unspecified atom stereocenters. The number of aromatic nitrogens is 2. The van der Waals surface area contributed by atoms with Crippen molar-refractivity contribution in [3.63, 3.8) is 0 Å². The number of nitrogens with zero attached hydrogens (tertiary/aromatic N) is 4. The summed E-state index contributed by atoms with van der Waals surface area (Å²) in [5.41, 5.74) is 3.79. The Hall–Kier alpha value is -10.8. The summed E-state index contributed by atoms with van der Waals surface area (Å²) in [6.07, 6.45) is 2.88. The fourth-order valence-electron chi connectivity index (χ4n) is 14.0. The molecule has 2 aliphatic rings. The van der Waals surface area contributed by atoms with Crippen molar-refractivity contribution in [3.05, 3.63) is 214 Å². The van der Waals surface area contributed by atoms with Crippen LogP contribution in [0.3, 0.4) is 0 Å². The second-order valence-electron chi connectivity index (χ2n) is 31.5. The van der Waals surface area contributed by atoms with E-state index in [1.54, 1.807) is 12.1 Å². The maximum Gasteiger partial charge on any atom is 0.504 e. The number of benzene rings is 9. The molecule has 0 fully saturated rings. The molecule has 24 heteroatoms. The Kier molecular flexibility index (Phi) is 20.8. The number of pyridine rings is 2. The fourth-order valence-corrected chi connectivity index (χ4v) is 17.3. The molecule has 0 saturated heterocycles. The summed E-state index contributed by atoms with van der Waals surface area (Å²) < 4.78 is 74.8. The Morgan fingerprint density at radius 3 is 0.782 bits per heavy atom. The van der Waals surface area contributed by atoms with Gasteiger partial charge in [0, 0.05) is 122 Å². The van der Waals surface area contributed by atoms with Gasteiger partial charge < -0.3 is 55.0 Å². The summed E-state index contributed by atoms with van der Waals surface area (Å²) in [5, 5.41) is 1.72. The van der Waals surface area contributed by atoms with Gasteiger partial charge in [0.15, 0.2) is 0 Å². The van der Waals surface area contributed by atoms with E-state index in [0.717, 1.165) is 32.1 Å². The molecule has 0 aliphatic carbocycles. The third kappa shape index (κ3) is 15.0. The molecule has 0 atom stereocenters. The predicted molar refractivity (Wildman–Crippen MR) is 420 cm³/mol. The quantitative estimate of drug-likeness (QED) is 0.0179. The van der Waals surface area contributed by atoms with Crippen molar-refractivity contribution in [2.45, 2.75) is 117 Å². The number of esters is 2. The summed E-state index contributed by atoms with van der Waals surface area (Å²) in [6.45, 7) is 23.3. The number of ether oxygens (including phenoxy) is 6. The number of hydrogen-bond acceptors (Lipinski definition) is 20. The lowest BCUT2D eigenvalue weighted by Gasteiger charge is -2.32. The minimum absolute atomic E-state index is 0.0404. The van der Waals surface area contributed by atoms with Crippen LogP contribution in [-0.2, 0) is 69.9 Å². The lowest BCUT2D eigenvalue weighted by Crippen LogP contribution is -2.45. The second-order valence-corrected chi connectivity index (χ2v) is 37.4. The monoisotopic (exact) mass is 1520 g/mol. The van der Waals surface area contributed by atoms with E-state index in [-0.39, 0.29) is 134 Å². The van der Waals surface area contributed by atoms with E-state index in [0.29, 0.717) is 34.1 Å². The number of rotatable bonds is 24. The number of carbonyl (C=O) groups excluding carboxylic acids is 6. The highest BCUT2D eigenvalue weighted by Gasteiger charge is 2.45. The molecule has 568 valence electrons. The summed E-state index contributed by atoms with van der Waals surface area (Å²) in [5.74, 6) is -4.35. The molecule has 0 spiro atoms. The third-order valence-corrected chi connectivity index (χ3v) is 25.6. The average Bonchev–Trinajstić information content (AvgIpc) is 0.671. The smallest absolute Gasteiger partial charge is 0.457 e. The Labute approximate surface area is 640 Å². The van der Waals surface area contributed by atoms with Gasteiger partial charge in [0.2, 0.25) is 11.8 Å². The zero-order valence-electron chi connectivity index (χ0n) is 65.0. The molecule has 2 aromatic heterocycles. The van der Waals surface area contributed by atoms with Crippen molar-refractivity contribution in [1.29, 1.82) is 0 Å². The molecule has 13 rings (SSSR count). The van der Waals surface area contributed by atoms with Crippen molar-refractivity contribution in [2.24, 2.45) is 0 Å². The third-order valence-electron chi connectivity index (χ3n) is 20.2. The van der Waals surface area contributed by atoms with Gasteiger partial charge in [-0.15, -0.1) is 0 Å². The summed E-state index contributed by atoms with van der Waals surface area (Å²) in [4.78, 5) is 103. The number of fused-ring (bicyclic) bond motifs is 2. The standard InChI is InChI=1S/C86H88N4O18Si2/c1-83(2,3)51-19-27-55(28-20-51)103-63-41-59-71-60(80(94)89(79(59)93)45-69(91)107-67-39-49(35-37-87-67)47-109(97-13,98-14)99-15)43-65(105-57-31-23-53(24-32-57)85(7,8)9)75-76-66(106-58-33-25-54(26-34-58)86(10,11)12)44-62-72-61(42-64(74(78(72)76)73(63)77(71)75)104-56-29-21-52(22-30-56)84(4,5)6)81(95)90(82(62)96)46-70(92)108-68-40-50(36-38-88-68)48-110(100-16,101-17)102-18/h19-44H,45-48H2,1-18H3. The molecule has 0 bridgehead atoms. The van der Waals surface area contributed by atoms with Gasteiger partial charge in [-0.3, -0.25) is 29.0 Å². The predicted octanol–water partition coefficient (Wildman–Crippen LogP) is 17.2. The van der Waals surface area contributed by atoms with Gasteiger partial charge in [-0.05, 0) is 140 Å².